The average molecular weight is 327 g/mol. The van der Waals surface area contributed by atoms with Crippen LogP contribution < -0.4 is 9.47 Å². The molecule has 24 heavy (non-hydrogen) atoms. The second-order valence-corrected chi connectivity index (χ2v) is 7.06. The van der Waals surface area contributed by atoms with Crippen LogP contribution in [0.2, 0.25) is 0 Å². The van der Waals surface area contributed by atoms with Crippen molar-refractivity contribution in [1.29, 1.82) is 0 Å². The van der Waals surface area contributed by atoms with Gasteiger partial charge in [0.25, 0.3) is 0 Å². The molecule has 1 aromatic carbocycles. The maximum absolute atomic E-state index is 12.7. The Morgan fingerprint density at radius 1 is 1.29 bits per heavy atom. The number of ether oxygens (including phenoxy) is 4. The minimum Gasteiger partial charge on any atom is -0.454 e. The van der Waals surface area contributed by atoms with Gasteiger partial charge in [0, 0.05) is 26.2 Å². The molecule has 1 aromatic rings. The van der Waals surface area contributed by atoms with Gasteiger partial charge >= 0.3 is 0 Å². The first-order valence-electron chi connectivity index (χ1n) is 8.37. The van der Waals surface area contributed by atoms with E-state index < -0.39 is 5.54 Å². The summed E-state index contributed by atoms with van der Waals surface area (Å²) >= 11 is 0. The van der Waals surface area contributed by atoms with E-state index in [4.69, 9.17) is 18.9 Å². The van der Waals surface area contributed by atoms with E-state index in [0.29, 0.717) is 6.54 Å². The monoisotopic (exact) mass is 327 g/mol. The minimum atomic E-state index is -0.454. The van der Waals surface area contributed by atoms with E-state index in [0.717, 1.165) is 35.5 Å². The second-order valence-electron chi connectivity index (χ2n) is 7.06. The van der Waals surface area contributed by atoms with Gasteiger partial charge in [-0.2, -0.15) is 0 Å². The highest BCUT2D eigenvalue weighted by Gasteiger charge is 2.66. The molecular formula is C18H17NO5. The van der Waals surface area contributed by atoms with E-state index in [1.165, 1.54) is 5.56 Å². The molecule has 1 aliphatic carbocycles. The molecule has 4 aliphatic heterocycles. The van der Waals surface area contributed by atoms with Crippen LogP contribution in [0.15, 0.2) is 23.8 Å². The molecule has 0 aromatic heterocycles. The van der Waals surface area contributed by atoms with Gasteiger partial charge in [-0.25, -0.2) is 0 Å². The number of carbonyl (C=O) groups is 1. The Kier molecular flexibility index (Phi) is 2.28. The highest BCUT2D eigenvalue weighted by Crippen LogP contribution is 2.59. The van der Waals surface area contributed by atoms with Gasteiger partial charge in [0.2, 0.25) is 12.7 Å². The molecule has 0 radical (unpaired) electrons. The average Bonchev–Trinajstić information content (AvgIpc) is 3.15. The van der Waals surface area contributed by atoms with Gasteiger partial charge in [0.05, 0.1) is 11.6 Å². The number of hydrogen-bond acceptors (Lipinski definition) is 5. The number of nitrogens with zero attached hydrogens (tertiary/aromatic N) is 1. The third-order valence-corrected chi connectivity index (χ3v) is 6.13. The highest BCUT2D eigenvalue weighted by atomic mass is 16.7. The summed E-state index contributed by atoms with van der Waals surface area (Å²) in [4.78, 5) is 14.7. The summed E-state index contributed by atoms with van der Waals surface area (Å²) in [6.45, 7) is 0.963. The molecule has 5 aliphatic rings. The first-order valence-corrected chi connectivity index (χ1v) is 8.37. The molecule has 6 rings (SSSR count). The summed E-state index contributed by atoms with van der Waals surface area (Å²) in [5.74, 6) is 1.64. The van der Waals surface area contributed by atoms with E-state index >= 15 is 0 Å². The van der Waals surface area contributed by atoms with Crippen LogP contribution in [0.1, 0.15) is 17.5 Å². The Balaban J connectivity index is 1.59. The van der Waals surface area contributed by atoms with E-state index in [2.05, 4.69) is 12.1 Å². The number of benzene rings is 1. The lowest BCUT2D eigenvalue weighted by Gasteiger charge is -2.48. The van der Waals surface area contributed by atoms with E-state index in [1.807, 2.05) is 4.90 Å². The van der Waals surface area contributed by atoms with Crippen molar-refractivity contribution in [2.75, 3.05) is 20.4 Å². The predicted octanol–water partition coefficient (Wildman–Crippen LogP) is 1.12. The summed E-state index contributed by atoms with van der Waals surface area (Å²) < 4.78 is 22.7. The van der Waals surface area contributed by atoms with Crippen molar-refractivity contribution in [2.24, 2.45) is 0 Å². The first kappa shape index (κ1) is 13.3. The fourth-order valence-corrected chi connectivity index (χ4v) is 5.02. The van der Waals surface area contributed by atoms with Gasteiger partial charge in [-0.1, -0.05) is 0 Å². The van der Waals surface area contributed by atoms with Gasteiger partial charge in [0.15, 0.2) is 11.5 Å². The molecule has 1 saturated heterocycles. The van der Waals surface area contributed by atoms with Gasteiger partial charge in [-0.3, -0.25) is 4.79 Å². The molecule has 0 N–H and O–H groups in total. The Labute approximate surface area is 138 Å². The number of hydrogen-bond donors (Lipinski definition) is 0. The number of carbonyl (C=O) groups excluding carboxylic acids is 1. The molecular weight excluding hydrogens is 310 g/mol. The third-order valence-electron chi connectivity index (χ3n) is 6.13. The Morgan fingerprint density at radius 2 is 2.12 bits per heavy atom. The fraction of sp³-hybridized carbons (Fsp3) is 0.500. The zero-order chi connectivity index (χ0) is 16.1. The molecule has 0 bridgehead atoms. The van der Waals surface area contributed by atoms with Crippen LogP contribution in [-0.4, -0.2) is 49.6 Å². The van der Waals surface area contributed by atoms with E-state index in [1.54, 1.807) is 13.2 Å². The van der Waals surface area contributed by atoms with Crippen LogP contribution in [0.25, 0.3) is 0 Å². The van der Waals surface area contributed by atoms with Crippen molar-refractivity contribution in [3.05, 3.63) is 34.9 Å². The highest BCUT2D eigenvalue weighted by molar-refractivity contribution is 5.94. The zero-order valence-electron chi connectivity index (χ0n) is 13.3. The van der Waals surface area contributed by atoms with Crippen molar-refractivity contribution < 1.29 is 23.7 Å². The van der Waals surface area contributed by atoms with E-state index in [-0.39, 0.29) is 31.0 Å². The quantitative estimate of drug-likeness (QED) is 0.724. The predicted molar refractivity (Wildman–Crippen MR) is 81.8 cm³/mol. The van der Waals surface area contributed by atoms with Crippen LogP contribution >= 0.6 is 0 Å². The summed E-state index contributed by atoms with van der Waals surface area (Å²) in [7, 11) is 1.72. The van der Waals surface area contributed by atoms with Crippen molar-refractivity contribution in [1.82, 2.24) is 4.90 Å². The molecule has 124 valence electrons. The Morgan fingerprint density at radius 3 is 2.96 bits per heavy atom. The third kappa shape index (κ3) is 1.38. The summed E-state index contributed by atoms with van der Waals surface area (Å²) in [6.07, 6.45) is 3.42. The zero-order valence-corrected chi connectivity index (χ0v) is 13.3. The molecule has 1 saturated carbocycles. The van der Waals surface area contributed by atoms with Crippen molar-refractivity contribution >= 4 is 5.91 Å². The number of rotatable bonds is 1. The van der Waals surface area contributed by atoms with Gasteiger partial charge in [-0.15, -0.1) is 0 Å². The summed E-state index contributed by atoms with van der Waals surface area (Å²) in [5, 5.41) is 0. The second kappa shape index (κ2) is 4.13. The SMILES string of the molecule is CO[C@@H]1C[C@@]23C(=CC(=O)N2CCc2cc4c(cc23)OCO4)[C@@H]2O[C@H]12. The standard InChI is InChI=1S/C18H17NO5/c1-21-14-7-18-10-5-13-12(22-8-23-13)4-9(10)2-3-19(18)15(20)6-11(18)16-17(14)24-16/h4-6,14,16-17H,2-3,7-8H2,1H3/t14-,16+,17-,18-/m1/s1. The van der Waals surface area contributed by atoms with Crippen LogP contribution in [0.3, 0.4) is 0 Å². The summed E-state index contributed by atoms with van der Waals surface area (Å²) in [5.41, 5.74) is 3.01. The largest absolute Gasteiger partial charge is 0.454 e. The smallest absolute Gasteiger partial charge is 0.247 e. The molecule has 4 heterocycles. The van der Waals surface area contributed by atoms with Crippen molar-refractivity contribution in [2.45, 2.75) is 36.7 Å². The topological polar surface area (TPSA) is 60.5 Å². The number of amides is 1. The van der Waals surface area contributed by atoms with Crippen molar-refractivity contribution in [3.63, 3.8) is 0 Å². The summed E-state index contributed by atoms with van der Waals surface area (Å²) in [6, 6.07) is 4.14. The molecule has 1 amide bonds. The van der Waals surface area contributed by atoms with Crippen LogP contribution in [0, 0.1) is 0 Å². The lowest BCUT2D eigenvalue weighted by molar-refractivity contribution is -0.131. The number of epoxide rings is 1. The lowest BCUT2D eigenvalue weighted by Crippen LogP contribution is -2.55. The van der Waals surface area contributed by atoms with Gasteiger partial charge in [-0.05, 0) is 35.3 Å². The number of fused-ring (bicyclic) bond motifs is 4. The van der Waals surface area contributed by atoms with Gasteiger partial charge in [0.1, 0.15) is 12.2 Å². The minimum absolute atomic E-state index is 0.00285. The Bertz CT molecular complexity index is 818. The normalized spacial score (nSPS) is 37.4. The van der Waals surface area contributed by atoms with Crippen molar-refractivity contribution in [3.8, 4) is 11.5 Å². The van der Waals surface area contributed by atoms with Crippen LogP contribution in [0.4, 0.5) is 0 Å². The lowest BCUT2D eigenvalue weighted by atomic mass is 9.69. The van der Waals surface area contributed by atoms with Crippen LogP contribution in [0.5, 0.6) is 11.5 Å². The molecule has 1 spiro atoms. The fourth-order valence-electron chi connectivity index (χ4n) is 5.02. The molecule has 6 nitrogen and oxygen atoms in total. The molecule has 0 unspecified atom stereocenters. The molecule has 4 atom stereocenters. The maximum Gasteiger partial charge on any atom is 0.247 e. The molecule has 2 fully saturated rings. The first-order chi connectivity index (χ1) is 11.7. The van der Waals surface area contributed by atoms with Gasteiger partial charge < -0.3 is 23.8 Å². The number of methoxy groups -OCH3 is 1. The van der Waals surface area contributed by atoms with Crippen LogP contribution in [-0.2, 0) is 26.2 Å². The Hall–Kier alpha value is -2.05. The molecule has 6 heteroatoms. The van der Waals surface area contributed by atoms with E-state index in [9.17, 15) is 4.79 Å². The maximum atomic E-state index is 12.7.